The molecule has 3 heteroatoms. The fourth-order valence-corrected chi connectivity index (χ4v) is 2.40. The number of nitrogens with one attached hydrogen (secondary N) is 1. The number of hydrogen-bond acceptors (Lipinski definition) is 2. The molecule has 3 unspecified atom stereocenters. The number of carbonyl (C=O) groups excluding carboxylic acids is 1. The molecule has 3 nitrogen and oxygen atoms in total. The van der Waals surface area contributed by atoms with Crippen LogP contribution >= 0.6 is 0 Å². The summed E-state index contributed by atoms with van der Waals surface area (Å²) in [4.78, 5) is 11.2. The zero-order valence-corrected chi connectivity index (χ0v) is 8.53. The van der Waals surface area contributed by atoms with E-state index in [0.29, 0.717) is 18.1 Å². The molecule has 2 fully saturated rings. The Morgan fingerprint density at radius 2 is 2.43 bits per heavy atom. The average Bonchev–Trinajstić information content (AvgIpc) is 2.76. The quantitative estimate of drug-likeness (QED) is 0.688. The first kappa shape index (κ1) is 9.71. The Labute approximate surface area is 84.5 Å². The molecule has 2 heterocycles. The number of allylic oxidation sites excluding steroid dienone is 1. The molecule has 1 N–H and O–H groups in total. The third-order valence-electron chi connectivity index (χ3n) is 3.09. The molecule has 0 radical (unpaired) electrons. The fraction of sp³-hybridized carbons (Fsp3) is 0.727. The first-order valence-electron chi connectivity index (χ1n) is 5.35. The van der Waals surface area contributed by atoms with Crippen LogP contribution in [0.4, 0.5) is 0 Å². The number of fused-ring (bicyclic) bond motifs is 2. The maximum atomic E-state index is 11.2. The van der Waals surface area contributed by atoms with Crippen molar-refractivity contribution in [1.29, 1.82) is 0 Å². The maximum absolute atomic E-state index is 11.2. The van der Waals surface area contributed by atoms with E-state index in [1.165, 1.54) is 12.8 Å². The van der Waals surface area contributed by atoms with Crippen LogP contribution in [-0.2, 0) is 9.53 Å². The van der Waals surface area contributed by atoms with Gasteiger partial charge in [0.25, 0.3) is 0 Å². The molecule has 0 spiro atoms. The lowest BCUT2D eigenvalue weighted by molar-refractivity contribution is -0.116. The Morgan fingerprint density at radius 3 is 3.00 bits per heavy atom. The van der Waals surface area contributed by atoms with Crippen LogP contribution in [0.1, 0.15) is 26.2 Å². The predicted molar refractivity (Wildman–Crippen MR) is 53.8 cm³/mol. The molecule has 2 aliphatic rings. The summed E-state index contributed by atoms with van der Waals surface area (Å²) in [5.74, 6) is 0.554. The molecule has 1 amide bonds. The van der Waals surface area contributed by atoms with Crippen LogP contribution < -0.4 is 5.32 Å². The van der Waals surface area contributed by atoms with Gasteiger partial charge in [-0.25, -0.2) is 0 Å². The number of carbonyl (C=O) groups is 1. The highest BCUT2D eigenvalue weighted by molar-refractivity contribution is 5.87. The number of hydrogen-bond donors (Lipinski definition) is 1. The summed E-state index contributed by atoms with van der Waals surface area (Å²) in [5, 5.41) is 2.90. The van der Waals surface area contributed by atoms with Gasteiger partial charge in [-0.1, -0.05) is 6.08 Å². The first-order valence-corrected chi connectivity index (χ1v) is 5.35. The number of rotatable bonds is 3. The monoisotopic (exact) mass is 195 g/mol. The topological polar surface area (TPSA) is 38.3 Å². The second-order valence-corrected chi connectivity index (χ2v) is 4.11. The zero-order valence-electron chi connectivity index (χ0n) is 8.53. The molecule has 0 aromatic heterocycles. The van der Waals surface area contributed by atoms with E-state index in [1.54, 1.807) is 12.2 Å². The summed E-state index contributed by atoms with van der Waals surface area (Å²) in [6.07, 6.45) is 7.72. The molecule has 2 saturated heterocycles. The molecule has 0 saturated carbocycles. The highest BCUT2D eigenvalue weighted by Crippen LogP contribution is 2.38. The van der Waals surface area contributed by atoms with E-state index in [0.717, 1.165) is 13.0 Å². The van der Waals surface area contributed by atoms with Crippen LogP contribution in [0.5, 0.6) is 0 Å². The molecular formula is C11H17NO2. The molecule has 3 atom stereocenters. The minimum atomic E-state index is 0.00951. The number of amides is 1. The van der Waals surface area contributed by atoms with Crippen molar-refractivity contribution in [2.45, 2.75) is 38.4 Å². The minimum Gasteiger partial charge on any atom is -0.375 e. The van der Waals surface area contributed by atoms with Crippen molar-refractivity contribution in [3.05, 3.63) is 12.2 Å². The standard InChI is InChI=1S/C11H17NO2/c1-2-3-11(13)12-7-8-6-9-4-5-10(8)14-9/h2-3,8-10H,4-7H2,1H3,(H,12,13)/b3-2+. The van der Waals surface area contributed by atoms with E-state index < -0.39 is 0 Å². The van der Waals surface area contributed by atoms with Gasteiger partial charge < -0.3 is 10.1 Å². The summed E-state index contributed by atoms with van der Waals surface area (Å²) in [5.41, 5.74) is 0. The van der Waals surface area contributed by atoms with E-state index in [2.05, 4.69) is 5.32 Å². The van der Waals surface area contributed by atoms with Crippen LogP contribution in [0.15, 0.2) is 12.2 Å². The van der Waals surface area contributed by atoms with Crippen molar-refractivity contribution in [3.8, 4) is 0 Å². The minimum absolute atomic E-state index is 0.00951. The van der Waals surface area contributed by atoms with Crippen molar-refractivity contribution in [2.24, 2.45) is 5.92 Å². The summed E-state index contributed by atoms with van der Waals surface area (Å²) < 4.78 is 5.71. The molecule has 2 bridgehead atoms. The lowest BCUT2D eigenvalue weighted by Crippen LogP contribution is -2.32. The summed E-state index contributed by atoms with van der Waals surface area (Å²) in [6, 6.07) is 0. The van der Waals surface area contributed by atoms with Crippen molar-refractivity contribution >= 4 is 5.91 Å². The van der Waals surface area contributed by atoms with E-state index >= 15 is 0 Å². The highest BCUT2D eigenvalue weighted by Gasteiger charge is 2.40. The lowest BCUT2D eigenvalue weighted by Gasteiger charge is -2.18. The van der Waals surface area contributed by atoms with Crippen LogP contribution in [0, 0.1) is 5.92 Å². The normalized spacial score (nSPS) is 35.4. The molecule has 78 valence electrons. The van der Waals surface area contributed by atoms with Gasteiger partial charge in [-0.05, 0) is 32.3 Å². The van der Waals surface area contributed by atoms with Gasteiger partial charge in [0.05, 0.1) is 12.2 Å². The van der Waals surface area contributed by atoms with Crippen molar-refractivity contribution < 1.29 is 9.53 Å². The largest absolute Gasteiger partial charge is 0.375 e. The van der Waals surface area contributed by atoms with Crippen molar-refractivity contribution in [3.63, 3.8) is 0 Å². The van der Waals surface area contributed by atoms with E-state index in [4.69, 9.17) is 4.74 Å². The van der Waals surface area contributed by atoms with Crippen molar-refractivity contribution in [1.82, 2.24) is 5.32 Å². The molecule has 0 aromatic carbocycles. The SMILES string of the molecule is C/C=C/C(=O)NCC1CC2CCC1O2. The fourth-order valence-electron chi connectivity index (χ4n) is 2.40. The van der Waals surface area contributed by atoms with Crippen LogP contribution in [0.2, 0.25) is 0 Å². The van der Waals surface area contributed by atoms with Gasteiger partial charge in [0, 0.05) is 12.5 Å². The van der Waals surface area contributed by atoms with Gasteiger partial charge in [-0.3, -0.25) is 4.79 Å². The summed E-state index contributed by atoms with van der Waals surface area (Å²) in [6.45, 7) is 2.62. The zero-order chi connectivity index (χ0) is 9.97. The van der Waals surface area contributed by atoms with E-state index in [1.807, 2.05) is 6.92 Å². The van der Waals surface area contributed by atoms with Gasteiger partial charge in [-0.2, -0.15) is 0 Å². The van der Waals surface area contributed by atoms with E-state index in [-0.39, 0.29) is 5.91 Å². The predicted octanol–water partition coefficient (Wildman–Crippen LogP) is 1.25. The third-order valence-corrected chi connectivity index (χ3v) is 3.09. The van der Waals surface area contributed by atoms with Gasteiger partial charge in [0.15, 0.2) is 0 Å². The summed E-state index contributed by atoms with van der Waals surface area (Å²) in [7, 11) is 0. The van der Waals surface area contributed by atoms with Gasteiger partial charge in [-0.15, -0.1) is 0 Å². The van der Waals surface area contributed by atoms with Crippen LogP contribution in [0.3, 0.4) is 0 Å². The third kappa shape index (κ3) is 1.98. The molecule has 2 aliphatic heterocycles. The number of ether oxygens (including phenoxy) is 1. The maximum Gasteiger partial charge on any atom is 0.243 e. The smallest absolute Gasteiger partial charge is 0.243 e. The second-order valence-electron chi connectivity index (χ2n) is 4.11. The molecule has 0 aromatic rings. The Balaban J connectivity index is 1.74. The van der Waals surface area contributed by atoms with Gasteiger partial charge in [0.2, 0.25) is 5.91 Å². The Bertz CT molecular complexity index is 250. The van der Waals surface area contributed by atoms with Crippen molar-refractivity contribution in [2.75, 3.05) is 6.54 Å². The van der Waals surface area contributed by atoms with Crippen LogP contribution in [0.25, 0.3) is 0 Å². The Kier molecular flexibility index (Phi) is 2.87. The first-order chi connectivity index (χ1) is 6.79. The molecular weight excluding hydrogens is 178 g/mol. The average molecular weight is 195 g/mol. The van der Waals surface area contributed by atoms with E-state index in [9.17, 15) is 4.79 Å². The molecule has 2 rings (SSSR count). The second kappa shape index (κ2) is 4.13. The Hall–Kier alpha value is -0.830. The van der Waals surface area contributed by atoms with Crippen LogP contribution in [-0.4, -0.2) is 24.7 Å². The highest BCUT2D eigenvalue weighted by atomic mass is 16.5. The van der Waals surface area contributed by atoms with Gasteiger partial charge in [0.1, 0.15) is 0 Å². The summed E-state index contributed by atoms with van der Waals surface area (Å²) >= 11 is 0. The Morgan fingerprint density at radius 1 is 1.57 bits per heavy atom. The lowest BCUT2D eigenvalue weighted by atomic mass is 9.89. The van der Waals surface area contributed by atoms with Gasteiger partial charge >= 0.3 is 0 Å². The molecule has 14 heavy (non-hydrogen) atoms. The molecule has 0 aliphatic carbocycles.